The number of hydrogen-bond donors (Lipinski definition) is 1. The average Bonchev–Trinajstić information content (AvgIpc) is 3.31. The fraction of sp³-hybridized carbons (Fsp3) is 0.667. The van der Waals surface area contributed by atoms with Crippen molar-refractivity contribution in [2.45, 2.75) is 38.5 Å². The molecule has 1 saturated heterocycles. The van der Waals surface area contributed by atoms with Crippen LogP contribution in [0.1, 0.15) is 38.7 Å². The lowest BCUT2D eigenvalue weighted by molar-refractivity contribution is 0.255. The summed E-state index contributed by atoms with van der Waals surface area (Å²) in [6.45, 7) is 11.1. The van der Waals surface area contributed by atoms with Crippen molar-refractivity contribution >= 4 is 41.5 Å². The highest BCUT2D eigenvalue weighted by Crippen LogP contribution is 2.48. The molecule has 2 fully saturated rings. The third kappa shape index (κ3) is 5.73. The zero-order chi connectivity index (χ0) is 18.6. The third-order valence-electron chi connectivity index (χ3n) is 6.08. The van der Waals surface area contributed by atoms with Gasteiger partial charge in [-0.1, -0.05) is 37.6 Å². The van der Waals surface area contributed by atoms with Gasteiger partial charge in [0.1, 0.15) is 0 Å². The molecule has 0 spiro atoms. The Morgan fingerprint density at radius 3 is 2.67 bits per heavy atom. The van der Waals surface area contributed by atoms with Crippen molar-refractivity contribution in [3.05, 3.63) is 34.9 Å². The van der Waals surface area contributed by atoms with E-state index in [1.165, 1.54) is 31.4 Å². The zero-order valence-corrected chi connectivity index (χ0v) is 20.0. The van der Waals surface area contributed by atoms with Crippen LogP contribution >= 0.6 is 35.6 Å². The Balaban J connectivity index is 0.00000261. The van der Waals surface area contributed by atoms with E-state index in [-0.39, 0.29) is 29.4 Å². The van der Waals surface area contributed by atoms with E-state index in [2.05, 4.69) is 52.2 Å². The fourth-order valence-corrected chi connectivity index (χ4v) is 4.33. The van der Waals surface area contributed by atoms with E-state index in [9.17, 15) is 0 Å². The first-order valence-electron chi connectivity index (χ1n) is 10.0. The Hall–Kier alpha value is -0.530. The van der Waals surface area contributed by atoms with Gasteiger partial charge in [0.05, 0.1) is 0 Å². The molecular formula is C21H34ClIN4. The number of aliphatic imine (C=N–C) groups is 1. The summed E-state index contributed by atoms with van der Waals surface area (Å²) in [5.74, 6) is 1.80. The van der Waals surface area contributed by atoms with Crippen LogP contribution in [0, 0.1) is 5.92 Å². The highest BCUT2D eigenvalue weighted by molar-refractivity contribution is 14.0. The smallest absolute Gasteiger partial charge is 0.193 e. The molecule has 3 rings (SSSR count). The minimum atomic E-state index is 0. The van der Waals surface area contributed by atoms with Crippen molar-refractivity contribution in [2.75, 3.05) is 46.3 Å². The Kier molecular flexibility index (Phi) is 8.69. The Labute approximate surface area is 186 Å². The summed E-state index contributed by atoms with van der Waals surface area (Å²) in [4.78, 5) is 9.52. The van der Waals surface area contributed by atoms with Crippen molar-refractivity contribution in [1.29, 1.82) is 0 Å². The van der Waals surface area contributed by atoms with Gasteiger partial charge in [0.25, 0.3) is 0 Å². The van der Waals surface area contributed by atoms with Crippen LogP contribution in [0.4, 0.5) is 0 Å². The van der Waals surface area contributed by atoms with Crippen LogP contribution in [0.15, 0.2) is 29.3 Å². The van der Waals surface area contributed by atoms with Crippen molar-refractivity contribution < 1.29 is 0 Å². The SMILES string of the molecule is CCN(CC)CC1CCN(C(=NC)NCC2(c3cccc(Cl)c3)CC2)C1.I. The molecule has 0 bridgehead atoms. The van der Waals surface area contributed by atoms with E-state index >= 15 is 0 Å². The van der Waals surface area contributed by atoms with Gasteiger partial charge in [-0.15, -0.1) is 24.0 Å². The summed E-state index contributed by atoms with van der Waals surface area (Å²) >= 11 is 6.20. The predicted octanol–water partition coefficient (Wildman–Crippen LogP) is 4.23. The Bertz CT molecular complexity index is 628. The molecule has 1 heterocycles. The molecule has 1 aliphatic carbocycles. The van der Waals surface area contributed by atoms with Gasteiger partial charge in [-0.2, -0.15) is 0 Å². The molecule has 1 aromatic rings. The molecule has 6 heteroatoms. The summed E-state index contributed by atoms with van der Waals surface area (Å²) in [6, 6.07) is 8.34. The maximum Gasteiger partial charge on any atom is 0.193 e. The van der Waals surface area contributed by atoms with Gasteiger partial charge in [0, 0.05) is 43.7 Å². The number of nitrogens with zero attached hydrogens (tertiary/aromatic N) is 3. The lowest BCUT2D eigenvalue weighted by Crippen LogP contribution is -2.43. The molecule has 27 heavy (non-hydrogen) atoms. The van der Waals surface area contributed by atoms with E-state index in [4.69, 9.17) is 11.6 Å². The summed E-state index contributed by atoms with van der Waals surface area (Å²) in [6.07, 6.45) is 3.71. The molecule has 1 saturated carbocycles. The second kappa shape index (κ2) is 10.3. The zero-order valence-electron chi connectivity index (χ0n) is 16.9. The number of guanidine groups is 1. The third-order valence-corrected chi connectivity index (χ3v) is 6.32. The molecule has 1 aliphatic heterocycles. The number of hydrogen-bond acceptors (Lipinski definition) is 2. The van der Waals surface area contributed by atoms with Crippen LogP contribution in [0.3, 0.4) is 0 Å². The van der Waals surface area contributed by atoms with E-state index in [0.29, 0.717) is 0 Å². The topological polar surface area (TPSA) is 30.9 Å². The first-order valence-corrected chi connectivity index (χ1v) is 10.4. The quantitative estimate of drug-likeness (QED) is 0.342. The average molecular weight is 505 g/mol. The highest BCUT2D eigenvalue weighted by atomic mass is 127. The second-order valence-corrected chi connectivity index (χ2v) is 8.21. The molecular weight excluding hydrogens is 471 g/mol. The van der Waals surface area contributed by atoms with Gasteiger partial charge in [-0.3, -0.25) is 4.99 Å². The van der Waals surface area contributed by atoms with Crippen molar-refractivity contribution in [3.8, 4) is 0 Å². The lowest BCUT2D eigenvalue weighted by Gasteiger charge is -2.26. The summed E-state index contributed by atoms with van der Waals surface area (Å²) in [5.41, 5.74) is 1.59. The Morgan fingerprint density at radius 2 is 2.07 bits per heavy atom. The summed E-state index contributed by atoms with van der Waals surface area (Å²) < 4.78 is 0. The number of benzene rings is 1. The second-order valence-electron chi connectivity index (χ2n) is 7.78. The fourth-order valence-electron chi connectivity index (χ4n) is 4.14. The van der Waals surface area contributed by atoms with Crippen molar-refractivity contribution in [2.24, 2.45) is 10.9 Å². The van der Waals surface area contributed by atoms with E-state index < -0.39 is 0 Å². The molecule has 0 radical (unpaired) electrons. The molecule has 1 atom stereocenters. The molecule has 0 aromatic heterocycles. The number of halogens is 2. The normalized spacial score (nSPS) is 21.3. The molecule has 1 unspecified atom stereocenters. The van der Waals surface area contributed by atoms with E-state index in [0.717, 1.165) is 49.6 Å². The van der Waals surface area contributed by atoms with Gasteiger partial charge in [-0.25, -0.2) is 0 Å². The van der Waals surface area contributed by atoms with Crippen molar-refractivity contribution in [3.63, 3.8) is 0 Å². The number of likely N-dealkylation sites (tertiary alicyclic amines) is 1. The molecule has 4 nitrogen and oxygen atoms in total. The molecule has 152 valence electrons. The van der Waals surface area contributed by atoms with Crippen LogP contribution in [0.2, 0.25) is 5.02 Å². The maximum atomic E-state index is 6.20. The first-order chi connectivity index (χ1) is 12.6. The lowest BCUT2D eigenvalue weighted by atomic mass is 9.96. The minimum Gasteiger partial charge on any atom is -0.355 e. The molecule has 1 aromatic carbocycles. The van der Waals surface area contributed by atoms with Crippen molar-refractivity contribution in [1.82, 2.24) is 15.1 Å². The summed E-state index contributed by atoms with van der Waals surface area (Å²) in [7, 11) is 1.90. The van der Waals surface area contributed by atoms with Gasteiger partial charge in [0.15, 0.2) is 5.96 Å². The largest absolute Gasteiger partial charge is 0.355 e. The monoisotopic (exact) mass is 504 g/mol. The first kappa shape index (κ1) is 22.8. The standard InChI is InChI=1S/C21H33ClN4.HI/c1-4-25(5-2)14-17-9-12-26(15-17)20(23-3)24-16-21(10-11-21)18-7-6-8-19(22)13-18;/h6-8,13,17H,4-5,9-12,14-16H2,1-3H3,(H,23,24);1H. The van der Waals surface area contributed by atoms with Crippen LogP contribution in [-0.2, 0) is 5.41 Å². The van der Waals surface area contributed by atoms with Crippen LogP contribution in [0.5, 0.6) is 0 Å². The predicted molar refractivity (Wildman–Crippen MR) is 127 cm³/mol. The van der Waals surface area contributed by atoms with Crippen LogP contribution in [-0.4, -0.2) is 62.1 Å². The van der Waals surface area contributed by atoms with Crippen LogP contribution in [0.25, 0.3) is 0 Å². The Morgan fingerprint density at radius 1 is 1.33 bits per heavy atom. The molecule has 2 aliphatic rings. The summed E-state index contributed by atoms with van der Waals surface area (Å²) in [5, 5.41) is 4.48. The van der Waals surface area contributed by atoms with Gasteiger partial charge in [0.2, 0.25) is 0 Å². The van der Waals surface area contributed by atoms with Gasteiger partial charge < -0.3 is 15.1 Å². The maximum absolute atomic E-state index is 6.20. The highest BCUT2D eigenvalue weighted by Gasteiger charge is 2.44. The van der Waals surface area contributed by atoms with Crippen LogP contribution < -0.4 is 5.32 Å². The van der Waals surface area contributed by atoms with Gasteiger partial charge in [-0.05, 0) is 56.0 Å². The van der Waals surface area contributed by atoms with E-state index in [1.54, 1.807) is 0 Å². The number of nitrogens with one attached hydrogen (secondary N) is 1. The van der Waals surface area contributed by atoms with Gasteiger partial charge >= 0.3 is 0 Å². The minimum absolute atomic E-state index is 0. The molecule has 0 amide bonds. The molecule has 1 N–H and O–H groups in total. The van der Waals surface area contributed by atoms with E-state index in [1.807, 2.05) is 13.1 Å². The number of rotatable bonds is 7.